The predicted molar refractivity (Wildman–Crippen MR) is 116 cm³/mol. The fourth-order valence-electron chi connectivity index (χ4n) is 3.95. The number of carbonyl (C=O) groups excluding carboxylic acids is 2. The number of hydrogen-bond acceptors (Lipinski definition) is 7. The van der Waals surface area contributed by atoms with E-state index in [-0.39, 0.29) is 11.8 Å². The number of aliphatic hydroxyl groups excluding tert-OH is 1. The molecule has 0 aromatic heterocycles. The standard InChI is InChI=1S/C21H33BN2O7/c1-12(2)9-19(22(28)29)24-21(27)16(11-25)23-20(26)13-5-6-14-15(10-13)18(31-4)8-7-17(14)30-3/h7-8,12-13,16,19,25,28-29H,5-6,9-11H2,1-4H3,(H,23,26)(H,24,27)/t13?,16-,19-/m0/s1. The lowest BCUT2D eigenvalue weighted by Crippen LogP contribution is -2.56. The molecule has 5 N–H and O–H groups in total. The van der Waals surface area contributed by atoms with Gasteiger partial charge in [0.05, 0.1) is 26.8 Å². The van der Waals surface area contributed by atoms with Gasteiger partial charge in [-0.2, -0.15) is 0 Å². The first-order chi connectivity index (χ1) is 14.7. The molecule has 1 aliphatic carbocycles. The van der Waals surface area contributed by atoms with Gasteiger partial charge in [0.25, 0.3) is 0 Å². The highest BCUT2D eigenvalue weighted by molar-refractivity contribution is 6.43. The number of rotatable bonds is 10. The molecule has 0 radical (unpaired) electrons. The third kappa shape index (κ3) is 6.35. The molecule has 0 aliphatic heterocycles. The van der Waals surface area contributed by atoms with Gasteiger partial charge in [0.15, 0.2) is 0 Å². The van der Waals surface area contributed by atoms with Crippen molar-refractivity contribution in [2.24, 2.45) is 11.8 Å². The first-order valence-corrected chi connectivity index (χ1v) is 10.5. The van der Waals surface area contributed by atoms with Crippen LogP contribution < -0.4 is 20.1 Å². The Morgan fingerprint density at radius 2 is 1.74 bits per heavy atom. The van der Waals surface area contributed by atoms with Crippen LogP contribution in [-0.4, -0.2) is 66.9 Å². The Balaban J connectivity index is 2.07. The highest BCUT2D eigenvalue weighted by Crippen LogP contribution is 2.38. The minimum absolute atomic E-state index is 0.114. The number of hydrogen-bond donors (Lipinski definition) is 5. The molecule has 1 aliphatic rings. The molecule has 2 rings (SSSR count). The van der Waals surface area contributed by atoms with Gasteiger partial charge in [-0.15, -0.1) is 0 Å². The van der Waals surface area contributed by atoms with Gasteiger partial charge in [-0.25, -0.2) is 0 Å². The maximum atomic E-state index is 12.9. The lowest BCUT2D eigenvalue weighted by atomic mass is 9.75. The lowest BCUT2D eigenvalue weighted by molar-refractivity contribution is -0.132. The Bertz CT molecular complexity index is 772. The summed E-state index contributed by atoms with van der Waals surface area (Å²) in [4.78, 5) is 25.4. The highest BCUT2D eigenvalue weighted by atomic mass is 16.5. The Kier molecular flexibility index (Phi) is 9.15. The van der Waals surface area contributed by atoms with Crippen molar-refractivity contribution in [3.05, 3.63) is 23.3 Å². The number of ether oxygens (including phenoxy) is 2. The third-order valence-corrected chi connectivity index (χ3v) is 5.58. The molecule has 0 saturated carbocycles. The molecule has 31 heavy (non-hydrogen) atoms. The fourth-order valence-corrected chi connectivity index (χ4v) is 3.95. The van der Waals surface area contributed by atoms with E-state index in [0.29, 0.717) is 31.4 Å². The molecule has 2 amide bonds. The molecule has 1 aromatic carbocycles. The van der Waals surface area contributed by atoms with Gasteiger partial charge in [0.2, 0.25) is 11.8 Å². The zero-order valence-corrected chi connectivity index (χ0v) is 18.6. The molecule has 9 nitrogen and oxygen atoms in total. The number of fused-ring (bicyclic) bond motifs is 1. The number of carbonyl (C=O) groups is 2. The zero-order chi connectivity index (χ0) is 23.1. The summed E-state index contributed by atoms with van der Waals surface area (Å²) < 4.78 is 10.9. The average molecular weight is 436 g/mol. The highest BCUT2D eigenvalue weighted by Gasteiger charge is 2.33. The van der Waals surface area contributed by atoms with E-state index in [0.717, 1.165) is 16.9 Å². The largest absolute Gasteiger partial charge is 0.496 e. The third-order valence-electron chi connectivity index (χ3n) is 5.58. The Labute approximate surface area is 183 Å². The summed E-state index contributed by atoms with van der Waals surface area (Å²) in [5.74, 6) is -0.760. The maximum absolute atomic E-state index is 12.9. The van der Waals surface area contributed by atoms with Gasteiger partial charge in [0, 0.05) is 17.0 Å². The van der Waals surface area contributed by atoms with Crippen LogP contribution in [0.1, 0.15) is 37.8 Å². The Hall–Kier alpha value is -2.30. The van der Waals surface area contributed by atoms with Crippen LogP contribution in [0.2, 0.25) is 0 Å². The smallest absolute Gasteiger partial charge is 0.475 e. The second-order valence-corrected chi connectivity index (χ2v) is 8.27. The number of methoxy groups -OCH3 is 2. The van der Waals surface area contributed by atoms with Crippen LogP contribution in [0.25, 0.3) is 0 Å². The summed E-state index contributed by atoms with van der Waals surface area (Å²) in [6, 6.07) is 2.46. The number of amides is 2. The van der Waals surface area contributed by atoms with Crippen LogP contribution in [0, 0.1) is 11.8 Å². The van der Waals surface area contributed by atoms with Gasteiger partial charge in [-0.1, -0.05) is 13.8 Å². The molecule has 0 spiro atoms. The van der Waals surface area contributed by atoms with Gasteiger partial charge >= 0.3 is 7.12 Å². The molecule has 0 bridgehead atoms. The van der Waals surface area contributed by atoms with Crippen LogP contribution in [0.5, 0.6) is 11.5 Å². The summed E-state index contributed by atoms with van der Waals surface area (Å²) >= 11 is 0. The quantitative estimate of drug-likeness (QED) is 0.321. The second-order valence-electron chi connectivity index (χ2n) is 8.27. The van der Waals surface area contributed by atoms with E-state index in [2.05, 4.69) is 10.6 Å². The molecule has 0 fully saturated rings. The topological polar surface area (TPSA) is 137 Å². The van der Waals surface area contributed by atoms with Crippen molar-refractivity contribution in [1.29, 1.82) is 0 Å². The molecule has 1 aromatic rings. The molecule has 10 heteroatoms. The van der Waals surface area contributed by atoms with E-state index in [1.54, 1.807) is 20.3 Å². The van der Waals surface area contributed by atoms with Crippen molar-refractivity contribution in [1.82, 2.24) is 10.6 Å². The van der Waals surface area contributed by atoms with E-state index in [1.807, 2.05) is 19.9 Å². The second kappa shape index (κ2) is 11.4. The van der Waals surface area contributed by atoms with Crippen molar-refractivity contribution in [3.63, 3.8) is 0 Å². The van der Waals surface area contributed by atoms with Crippen molar-refractivity contribution < 1.29 is 34.2 Å². The summed E-state index contributed by atoms with van der Waals surface area (Å²) in [5.41, 5.74) is 1.91. The van der Waals surface area contributed by atoms with Crippen molar-refractivity contribution in [3.8, 4) is 11.5 Å². The van der Waals surface area contributed by atoms with E-state index in [1.165, 1.54) is 0 Å². The minimum Gasteiger partial charge on any atom is -0.496 e. The van der Waals surface area contributed by atoms with E-state index in [4.69, 9.17) is 9.47 Å². The molecular weight excluding hydrogens is 403 g/mol. The van der Waals surface area contributed by atoms with Crippen molar-refractivity contribution >= 4 is 18.9 Å². The molecule has 3 atom stereocenters. The van der Waals surface area contributed by atoms with Crippen molar-refractivity contribution in [2.45, 2.75) is 51.5 Å². The van der Waals surface area contributed by atoms with Gasteiger partial charge < -0.3 is 35.3 Å². The average Bonchev–Trinajstić information content (AvgIpc) is 2.74. The normalized spacial score (nSPS) is 17.4. The predicted octanol–water partition coefficient (Wildman–Crippen LogP) is -0.171. The van der Waals surface area contributed by atoms with Gasteiger partial charge in [-0.05, 0) is 43.7 Å². The van der Waals surface area contributed by atoms with Crippen LogP contribution in [0.15, 0.2) is 12.1 Å². The van der Waals surface area contributed by atoms with Crippen LogP contribution >= 0.6 is 0 Å². The van der Waals surface area contributed by atoms with E-state index >= 15 is 0 Å². The van der Waals surface area contributed by atoms with Crippen LogP contribution in [-0.2, 0) is 22.4 Å². The molecular formula is C21H33BN2O7. The Morgan fingerprint density at radius 1 is 1.13 bits per heavy atom. The summed E-state index contributed by atoms with van der Waals surface area (Å²) in [6.07, 6.45) is 1.95. The van der Waals surface area contributed by atoms with Crippen LogP contribution in [0.4, 0.5) is 0 Å². The van der Waals surface area contributed by atoms with E-state index < -0.39 is 37.5 Å². The van der Waals surface area contributed by atoms with E-state index in [9.17, 15) is 24.7 Å². The number of aliphatic hydroxyl groups is 1. The summed E-state index contributed by atoms with van der Waals surface area (Å²) in [5, 5.41) is 33.8. The maximum Gasteiger partial charge on any atom is 0.475 e. The molecule has 0 heterocycles. The molecule has 172 valence electrons. The first kappa shape index (κ1) is 25.0. The zero-order valence-electron chi connectivity index (χ0n) is 18.6. The fraction of sp³-hybridized carbons (Fsp3) is 0.619. The monoisotopic (exact) mass is 436 g/mol. The SMILES string of the molecule is COc1ccc(OC)c2c1CCC(C(=O)N[C@@H](CO)C(=O)N[C@@H](CC(C)C)B(O)O)C2. The first-order valence-electron chi connectivity index (χ1n) is 10.5. The minimum atomic E-state index is -1.74. The molecule has 0 saturated heterocycles. The lowest BCUT2D eigenvalue weighted by Gasteiger charge is -2.28. The van der Waals surface area contributed by atoms with Gasteiger partial charge in [-0.3, -0.25) is 9.59 Å². The number of benzene rings is 1. The van der Waals surface area contributed by atoms with Crippen molar-refractivity contribution in [2.75, 3.05) is 20.8 Å². The summed E-state index contributed by atoms with van der Waals surface area (Å²) in [6.45, 7) is 3.17. The van der Waals surface area contributed by atoms with Crippen LogP contribution in [0.3, 0.4) is 0 Å². The Morgan fingerprint density at radius 3 is 2.26 bits per heavy atom. The number of nitrogens with one attached hydrogen (secondary N) is 2. The van der Waals surface area contributed by atoms with Gasteiger partial charge in [0.1, 0.15) is 17.5 Å². The summed E-state index contributed by atoms with van der Waals surface area (Å²) in [7, 11) is 1.43. The molecule has 1 unspecified atom stereocenters.